The predicted molar refractivity (Wildman–Crippen MR) is 85.9 cm³/mol. The van der Waals surface area contributed by atoms with Gasteiger partial charge in [-0.15, -0.1) is 0 Å². The summed E-state index contributed by atoms with van der Waals surface area (Å²) in [6.45, 7) is 2.63. The molecule has 7 heteroatoms. The number of nitrogens with two attached hydrogens (primary N) is 1. The third-order valence-electron chi connectivity index (χ3n) is 3.89. The zero-order valence-electron chi connectivity index (χ0n) is 13.1. The summed E-state index contributed by atoms with van der Waals surface area (Å²) in [6.07, 6.45) is 5.76. The van der Waals surface area contributed by atoms with Gasteiger partial charge in [-0.2, -0.15) is 0 Å². The average molecular weight is 316 g/mol. The lowest BCUT2D eigenvalue weighted by Crippen LogP contribution is -2.37. The van der Waals surface area contributed by atoms with Crippen molar-refractivity contribution in [1.29, 1.82) is 0 Å². The largest absolute Gasteiger partial charge is 0.501 e. The lowest BCUT2D eigenvalue weighted by atomic mass is 10.0. The maximum Gasteiger partial charge on any atom is 0.267 e. The second-order valence-corrected chi connectivity index (χ2v) is 5.42. The molecular formula is C16H20N4O3. The van der Waals surface area contributed by atoms with Crippen LogP contribution in [0, 0.1) is 0 Å². The number of aromatic nitrogens is 2. The first-order chi connectivity index (χ1) is 11.2. The van der Waals surface area contributed by atoms with E-state index < -0.39 is 5.91 Å². The minimum atomic E-state index is -0.560. The summed E-state index contributed by atoms with van der Waals surface area (Å²) in [5.41, 5.74) is 7.26. The molecule has 7 nitrogen and oxygen atoms in total. The van der Waals surface area contributed by atoms with Crippen LogP contribution in [0.4, 0.5) is 5.95 Å². The molecule has 0 radical (unpaired) electrons. The molecule has 1 aromatic heterocycles. The number of nitrogens with zero attached hydrogens (tertiary/aromatic N) is 3. The molecule has 0 unspecified atom stereocenters. The van der Waals surface area contributed by atoms with Gasteiger partial charge in [-0.1, -0.05) is 6.08 Å². The molecule has 1 fully saturated rings. The molecule has 2 aliphatic rings. The number of carbonyl (C=O) groups is 1. The standard InChI is InChI=1S/C16H20N4O3/c1-22-12-4-2-3-11(9-12)13-10-14(15(17)21)19-16(18-13)20-5-7-23-8-6-20/h3,9-10H,2,4-8H2,1H3,(H2,17,21). The van der Waals surface area contributed by atoms with Gasteiger partial charge < -0.3 is 20.1 Å². The van der Waals surface area contributed by atoms with Crippen LogP contribution in [0.25, 0.3) is 5.57 Å². The Hall–Kier alpha value is -2.41. The number of anilines is 1. The van der Waals surface area contributed by atoms with Crippen LogP contribution in [0.5, 0.6) is 0 Å². The van der Waals surface area contributed by atoms with Crippen molar-refractivity contribution in [1.82, 2.24) is 9.97 Å². The molecule has 122 valence electrons. The van der Waals surface area contributed by atoms with Crippen LogP contribution in [0.1, 0.15) is 29.0 Å². The van der Waals surface area contributed by atoms with Crippen molar-refractivity contribution < 1.29 is 14.3 Å². The van der Waals surface area contributed by atoms with Gasteiger partial charge in [0.15, 0.2) is 0 Å². The van der Waals surface area contributed by atoms with E-state index in [0.717, 1.165) is 24.2 Å². The summed E-state index contributed by atoms with van der Waals surface area (Å²) in [5, 5.41) is 0. The van der Waals surface area contributed by atoms with Crippen molar-refractivity contribution in [3.8, 4) is 0 Å². The zero-order chi connectivity index (χ0) is 16.2. The first-order valence-electron chi connectivity index (χ1n) is 7.64. The number of amides is 1. The molecule has 23 heavy (non-hydrogen) atoms. The maximum absolute atomic E-state index is 11.6. The van der Waals surface area contributed by atoms with Gasteiger partial charge in [-0.05, 0) is 24.1 Å². The van der Waals surface area contributed by atoms with Gasteiger partial charge in [-0.3, -0.25) is 4.79 Å². The van der Waals surface area contributed by atoms with Crippen molar-refractivity contribution in [3.05, 3.63) is 35.4 Å². The van der Waals surface area contributed by atoms with Crippen LogP contribution in [0.15, 0.2) is 24.0 Å². The number of primary amides is 1. The number of carbonyl (C=O) groups excluding carboxylic acids is 1. The Morgan fingerprint density at radius 2 is 2.13 bits per heavy atom. The minimum Gasteiger partial charge on any atom is -0.501 e. The van der Waals surface area contributed by atoms with Gasteiger partial charge in [0.05, 0.1) is 31.8 Å². The first-order valence-corrected chi connectivity index (χ1v) is 7.64. The molecule has 3 rings (SSSR count). The number of hydrogen-bond donors (Lipinski definition) is 1. The Balaban J connectivity index is 1.99. The van der Waals surface area contributed by atoms with Crippen LogP contribution in [-0.2, 0) is 9.47 Å². The van der Waals surface area contributed by atoms with E-state index in [9.17, 15) is 4.79 Å². The molecule has 1 aromatic rings. The normalized spacial score (nSPS) is 18.2. The number of ether oxygens (including phenoxy) is 2. The molecule has 1 saturated heterocycles. The van der Waals surface area contributed by atoms with E-state index >= 15 is 0 Å². The molecule has 0 saturated carbocycles. The Bertz CT molecular complexity index is 663. The highest BCUT2D eigenvalue weighted by Crippen LogP contribution is 2.26. The van der Waals surface area contributed by atoms with E-state index in [4.69, 9.17) is 15.2 Å². The van der Waals surface area contributed by atoms with E-state index in [2.05, 4.69) is 16.0 Å². The Labute approximate surface area is 134 Å². The van der Waals surface area contributed by atoms with E-state index in [-0.39, 0.29) is 5.69 Å². The molecule has 1 aliphatic carbocycles. The highest BCUT2D eigenvalue weighted by atomic mass is 16.5. The molecule has 0 spiro atoms. The summed E-state index contributed by atoms with van der Waals surface area (Å²) in [5.74, 6) is 0.851. The SMILES string of the molecule is COC1=CC(c2cc(C(N)=O)nc(N3CCOCC3)n2)=CCC1. The summed E-state index contributed by atoms with van der Waals surface area (Å²) >= 11 is 0. The van der Waals surface area contributed by atoms with Crippen molar-refractivity contribution in [2.45, 2.75) is 12.8 Å². The molecule has 0 aromatic carbocycles. The van der Waals surface area contributed by atoms with E-state index in [1.807, 2.05) is 11.0 Å². The van der Waals surface area contributed by atoms with Gasteiger partial charge in [0, 0.05) is 19.5 Å². The third-order valence-corrected chi connectivity index (χ3v) is 3.89. The lowest BCUT2D eigenvalue weighted by molar-refractivity contribution is 0.0995. The second kappa shape index (κ2) is 6.78. The van der Waals surface area contributed by atoms with Crippen LogP contribution in [-0.4, -0.2) is 49.3 Å². The van der Waals surface area contributed by atoms with Gasteiger partial charge in [-0.25, -0.2) is 9.97 Å². The predicted octanol–water partition coefficient (Wildman–Crippen LogP) is 1.12. The summed E-state index contributed by atoms with van der Waals surface area (Å²) in [7, 11) is 1.66. The van der Waals surface area contributed by atoms with Crippen LogP contribution < -0.4 is 10.6 Å². The van der Waals surface area contributed by atoms with Crippen molar-refractivity contribution >= 4 is 17.4 Å². The van der Waals surface area contributed by atoms with Gasteiger partial charge in [0.25, 0.3) is 5.91 Å². The highest BCUT2D eigenvalue weighted by molar-refractivity contribution is 5.92. The Morgan fingerprint density at radius 3 is 2.83 bits per heavy atom. The number of allylic oxidation sites excluding steroid dienone is 4. The lowest BCUT2D eigenvalue weighted by Gasteiger charge is -2.27. The first kappa shape index (κ1) is 15.5. The summed E-state index contributed by atoms with van der Waals surface area (Å²) in [4.78, 5) is 22.5. The average Bonchev–Trinajstić information content (AvgIpc) is 2.62. The number of hydrogen-bond acceptors (Lipinski definition) is 6. The fraction of sp³-hybridized carbons (Fsp3) is 0.438. The molecule has 0 bridgehead atoms. The Morgan fingerprint density at radius 1 is 1.35 bits per heavy atom. The number of methoxy groups -OCH3 is 1. The minimum absolute atomic E-state index is 0.218. The van der Waals surface area contributed by atoms with Crippen molar-refractivity contribution in [3.63, 3.8) is 0 Å². The van der Waals surface area contributed by atoms with E-state index in [1.165, 1.54) is 0 Å². The Kier molecular flexibility index (Phi) is 4.57. The number of morpholine rings is 1. The van der Waals surface area contributed by atoms with Crippen molar-refractivity contribution in [2.75, 3.05) is 38.3 Å². The third kappa shape index (κ3) is 3.50. The van der Waals surface area contributed by atoms with E-state index in [1.54, 1.807) is 13.2 Å². The van der Waals surface area contributed by atoms with Crippen LogP contribution in [0.2, 0.25) is 0 Å². The van der Waals surface area contributed by atoms with Crippen LogP contribution >= 0.6 is 0 Å². The summed E-state index contributed by atoms with van der Waals surface area (Å²) in [6, 6.07) is 1.63. The second-order valence-electron chi connectivity index (χ2n) is 5.42. The molecule has 2 heterocycles. The maximum atomic E-state index is 11.6. The van der Waals surface area contributed by atoms with Crippen molar-refractivity contribution in [2.24, 2.45) is 5.73 Å². The number of rotatable bonds is 4. The fourth-order valence-electron chi connectivity index (χ4n) is 2.63. The van der Waals surface area contributed by atoms with Gasteiger partial charge in [0.2, 0.25) is 5.95 Å². The fourth-order valence-corrected chi connectivity index (χ4v) is 2.63. The summed E-state index contributed by atoms with van der Waals surface area (Å²) < 4.78 is 10.7. The quantitative estimate of drug-likeness (QED) is 0.895. The topological polar surface area (TPSA) is 90.6 Å². The smallest absolute Gasteiger partial charge is 0.267 e. The van der Waals surface area contributed by atoms with E-state index in [0.29, 0.717) is 37.9 Å². The molecule has 1 amide bonds. The zero-order valence-corrected chi connectivity index (χ0v) is 13.1. The monoisotopic (exact) mass is 316 g/mol. The van der Waals surface area contributed by atoms with Gasteiger partial charge in [0.1, 0.15) is 5.69 Å². The van der Waals surface area contributed by atoms with Gasteiger partial charge >= 0.3 is 0 Å². The molecule has 2 N–H and O–H groups in total. The van der Waals surface area contributed by atoms with Crippen LogP contribution in [0.3, 0.4) is 0 Å². The molecule has 1 aliphatic heterocycles. The molecule has 0 atom stereocenters. The molecular weight excluding hydrogens is 296 g/mol. The highest BCUT2D eigenvalue weighted by Gasteiger charge is 2.19.